The lowest BCUT2D eigenvalue weighted by Gasteiger charge is -2.54. The molecule has 0 radical (unpaired) electrons. The Labute approximate surface area is 181 Å². The predicted octanol–water partition coefficient (Wildman–Crippen LogP) is 5.78. The summed E-state index contributed by atoms with van der Waals surface area (Å²) in [6.07, 6.45) is 3.16. The monoisotopic (exact) mass is 430 g/mol. The zero-order valence-corrected chi connectivity index (χ0v) is 18.5. The Morgan fingerprint density at radius 2 is 1.97 bits per heavy atom. The molecule has 160 valence electrons. The van der Waals surface area contributed by atoms with Gasteiger partial charge in [0.05, 0.1) is 10.6 Å². The van der Waals surface area contributed by atoms with E-state index in [2.05, 4.69) is 25.8 Å². The molecule has 7 heteroatoms. The molecule has 2 atom stereocenters. The first-order chi connectivity index (χ1) is 14.1. The van der Waals surface area contributed by atoms with Gasteiger partial charge < -0.3 is 14.6 Å². The van der Waals surface area contributed by atoms with Crippen molar-refractivity contribution in [3.63, 3.8) is 0 Å². The van der Waals surface area contributed by atoms with Crippen LogP contribution in [0.1, 0.15) is 58.2 Å². The molecular formula is C23H27ClN2O4. The minimum absolute atomic E-state index is 0.359. The van der Waals surface area contributed by atoms with Crippen LogP contribution in [-0.4, -0.2) is 27.6 Å². The van der Waals surface area contributed by atoms with Crippen LogP contribution in [0.25, 0.3) is 0 Å². The fraction of sp³-hybridized carbons (Fsp3) is 0.478. The summed E-state index contributed by atoms with van der Waals surface area (Å²) in [4.78, 5) is 18.3. The number of aromatic nitrogens is 1. The van der Waals surface area contributed by atoms with E-state index in [4.69, 9.17) is 21.1 Å². The molecule has 30 heavy (non-hydrogen) atoms. The number of ether oxygens (including phenoxy) is 2. The summed E-state index contributed by atoms with van der Waals surface area (Å²) in [5, 5.41) is 10.6. The number of hydrogen-bond donors (Lipinski definition) is 1. The summed E-state index contributed by atoms with van der Waals surface area (Å²) in [5.41, 5.74) is 0.344. The number of nitrogens with zero attached hydrogens (tertiary/aromatic N) is 2. The van der Waals surface area contributed by atoms with Gasteiger partial charge in [-0.1, -0.05) is 44.5 Å². The molecule has 1 N–H and O–H groups in total. The molecule has 0 spiro atoms. The van der Waals surface area contributed by atoms with Crippen molar-refractivity contribution in [3.8, 4) is 11.5 Å². The minimum Gasteiger partial charge on any atom is -0.465 e. The van der Waals surface area contributed by atoms with E-state index >= 15 is 0 Å². The van der Waals surface area contributed by atoms with Crippen LogP contribution in [0.5, 0.6) is 11.5 Å². The number of halogens is 1. The van der Waals surface area contributed by atoms with Crippen molar-refractivity contribution in [3.05, 3.63) is 52.8 Å². The van der Waals surface area contributed by atoms with Gasteiger partial charge >= 0.3 is 6.09 Å². The van der Waals surface area contributed by atoms with Crippen LogP contribution in [0, 0.1) is 5.41 Å². The Kier molecular flexibility index (Phi) is 4.88. The molecule has 4 rings (SSSR count). The minimum atomic E-state index is -1.12. The van der Waals surface area contributed by atoms with E-state index in [1.165, 1.54) is 0 Å². The lowest BCUT2D eigenvalue weighted by Crippen LogP contribution is -2.58. The third kappa shape index (κ3) is 3.09. The van der Waals surface area contributed by atoms with Gasteiger partial charge in [0.25, 0.3) is 5.79 Å². The molecule has 1 saturated heterocycles. The van der Waals surface area contributed by atoms with Crippen LogP contribution in [0.15, 0.2) is 36.5 Å². The van der Waals surface area contributed by atoms with Crippen molar-refractivity contribution >= 4 is 17.7 Å². The Morgan fingerprint density at radius 1 is 1.20 bits per heavy atom. The predicted molar refractivity (Wildman–Crippen MR) is 114 cm³/mol. The van der Waals surface area contributed by atoms with Crippen LogP contribution in [0.4, 0.5) is 4.79 Å². The van der Waals surface area contributed by atoms with Crippen molar-refractivity contribution in [1.82, 2.24) is 9.88 Å². The van der Waals surface area contributed by atoms with E-state index in [0.29, 0.717) is 28.8 Å². The number of para-hydroxylation sites is 1. The Hall–Kier alpha value is -2.47. The van der Waals surface area contributed by atoms with Gasteiger partial charge in [-0.2, -0.15) is 0 Å². The van der Waals surface area contributed by atoms with Crippen molar-refractivity contribution in [2.24, 2.45) is 5.41 Å². The van der Waals surface area contributed by atoms with Gasteiger partial charge in [-0.05, 0) is 42.9 Å². The highest BCUT2D eigenvalue weighted by Crippen LogP contribution is 2.57. The molecule has 1 fully saturated rings. The second-order valence-corrected chi connectivity index (χ2v) is 9.58. The second-order valence-electron chi connectivity index (χ2n) is 9.15. The standard InChI is InChI=1S/C23H27ClN2O4/c1-21(2,3)23(12-5-6-13-26(23)20(27)28)16-8-7-9-17-19(16)30-22(4,29-17)18-11-10-15(24)14-25-18/h7-11,14H,5-6,12-13H2,1-4H3,(H,27,28). The third-order valence-corrected chi connectivity index (χ3v) is 6.54. The highest BCUT2D eigenvalue weighted by Gasteiger charge is 2.55. The maximum Gasteiger partial charge on any atom is 0.408 e. The van der Waals surface area contributed by atoms with Crippen molar-refractivity contribution in [2.75, 3.05) is 6.54 Å². The Morgan fingerprint density at radius 3 is 2.60 bits per heavy atom. The fourth-order valence-corrected chi connectivity index (χ4v) is 5.01. The summed E-state index contributed by atoms with van der Waals surface area (Å²) in [6, 6.07) is 9.24. The SMILES string of the molecule is CC1(c2ccc(Cl)cn2)Oc2cccc(C3(C(C)(C)C)CCCCN3C(=O)O)c2O1. The van der Waals surface area contributed by atoms with Gasteiger partial charge in [0.2, 0.25) is 0 Å². The Bertz CT molecular complexity index is 972. The van der Waals surface area contributed by atoms with E-state index in [0.717, 1.165) is 24.8 Å². The number of benzene rings is 1. The molecule has 0 bridgehead atoms. The lowest BCUT2D eigenvalue weighted by atomic mass is 9.64. The topological polar surface area (TPSA) is 71.9 Å². The summed E-state index contributed by atoms with van der Waals surface area (Å²) < 4.78 is 12.6. The summed E-state index contributed by atoms with van der Waals surface area (Å²) in [7, 11) is 0. The molecule has 0 saturated carbocycles. The molecule has 2 aliphatic rings. The van der Waals surface area contributed by atoms with Crippen LogP contribution >= 0.6 is 11.6 Å². The number of rotatable bonds is 2. The van der Waals surface area contributed by atoms with Gasteiger partial charge in [0.1, 0.15) is 5.69 Å². The van der Waals surface area contributed by atoms with Gasteiger partial charge in [-0.15, -0.1) is 0 Å². The average molecular weight is 431 g/mol. The molecule has 1 aromatic heterocycles. The van der Waals surface area contributed by atoms with Gasteiger partial charge in [0.15, 0.2) is 11.5 Å². The average Bonchev–Trinajstić information content (AvgIpc) is 3.04. The van der Waals surface area contributed by atoms with E-state index in [1.54, 1.807) is 23.2 Å². The normalized spacial score (nSPS) is 26.0. The first kappa shape index (κ1) is 20.8. The van der Waals surface area contributed by atoms with Gasteiger partial charge in [-0.3, -0.25) is 9.88 Å². The molecular weight excluding hydrogens is 404 g/mol. The van der Waals surface area contributed by atoms with Crippen molar-refractivity contribution in [2.45, 2.75) is 58.3 Å². The first-order valence-corrected chi connectivity index (χ1v) is 10.6. The number of pyridine rings is 1. The molecule has 0 aliphatic carbocycles. The maximum atomic E-state index is 12.3. The molecule has 2 aromatic rings. The van der Waals surface area contributed by atoms with E-state index in [9.17, 15) is 9.90 Å². The third-order valence-electron chi connectivity index (χ3n) is 6.32. The summed E-state index contributed by atoms with van der Waals surface area (Å²) in [5.74, 6) is 0.0521. The zero-order chi connectivity index (χ0) is 21.7. The van der Waals surface area contributed by atoms with Crippen molar-refractivity contribution < 1.29 is 19.4 Å². The summed E-state index contributed by atoms with van der Waals surface area (Å²) in [6.45, 7) is 8.57. The largest absolute Gasteiger partial charge is 0.465 e. The Balaban J connectivity index is 1.85. The molecule has 1 amide bonds. The highest BCUT2D eigenvalue weighted by atomic mass is 35.5. The fourth-order valence-electron chi connectivity index (χ4n) is 4.90. The number of likely N-dealkylation sites (tertiary alicyclic amines) is 1. The number of carbonyl (C=O) groups is 1. The molecule has 3 heterocycles. The van der Waals surface area contributed by atoms with Crippen LogP contribution in [0.3, 0.4) is 0 Å². The highest BCUT2D eigenvalue weighted by molar-refractivity contribution is 6.30. The molecule has 2 aliphatic heterocycles. The number of hydrogen-bond acceptors (Lipinski definition) is 4. The number of fused-ring (bicyclic) bond motifs is 1. The quantitative estimate of drug-likeness (QED) is 0.653. The van der Waals surface area contributed by atoms with E-state index in [1.807, 2.05) is 25.1 Å². The number of amides is 1. The lowest BCUT2D eigenvalue weighted by molar-refractivity contribution is -0.0757. The van der Waals surface area contributed by atoms with E-state index < -0.39 is 17.4 Å². The number of piperidine rings is 1. The van der Waals surface area contributed by atoms with Crippen LogP contribution in [0.2, 0.25) is 5.02 Å². The first-order valence-electron chi connectivity index (χ1n) is 10.2. The zero-order valence-electron chi connectivity index (χ0n) is 17.7. The van der Waals surface area contributed by atoms with Crippen molar-refractivity contribution in [1.29, 1.82) is 0 Å². The smallest absolute Gasteiger partial charge is 0.408 e. The van der Waals surface area contributed by atoms with Crippen LogP contribution in [-0.2, 0) is 11.3 Å². The van der Waals surface area contributed by atoms with E-state index in [-0.39, 0.29) is 5.41 Å². The molecule has 6 nitrogen and oxygen atoms in total. The molecule has 1 aromatic carbocycles. The maximum absolute atomic E-state index is 12.3. The van der Waals surface area contributed by atoms with Gasteiger partial charge in [-0.25, -0.2) is 4.79 Å². The molecule has 2 unspecified atom stereocenters. The van der Waals surface area contributed by atoms with Gasteiger partial charge in [0, 0.05) is 25.2 Å². The second kappa shape index (κ2) is 7.05. The number of carboxylic acid groups (broad SMARTS) is 1. The summed E-state index contributed by atoms with van der Waals surface area (Å²) >= 11 is 5.99. The van der Waals surface area contributed by atoms with Crippen LogP contribution < -0.4 is 9.47 Å².